The molecule has 1 unspecified atom stereocenters. The normalized spacial score (nSPS) is 19.8. The zero-order valence-electron chi connectivity index (χ0n) is 11.1. The maximum Gasteiger partial charge on any atom is 0.323 e. The molecule has 1 aliphatic rings. The van der Waals surface area contributed by atoms with E-state index in [2.05, 4.69) is 0 Å². The molecule has 20 heavy (non-hydrogen) atoms. The number of benzene rings is 1. The summed E-state index contributed by atoms with van der Waals surface area (Å²) in [4.78, 5) is 13.0. The molecule has 1 aromatic rings. The molecule has 0 spiro atoms. The Bertz CT molecular complexity index is 437. The van der Waals surface area contributed by atoms with Crippen LogP contribution in [0.1, 0.15) is 6.42 Å². The van der Waals surface area contributed by atoms with Gasteiger partial charge in [-0.2, -0.15) is 0 Å². The van der Waals surface area contributed by atoms with E-state index >= 15 is 0 Å². The van der Waals surface area contributed by atoms with Crippen molar-refractivity contribution in [1.82, 2.24) is 4.90 Å². The highest BCUT2D eigenvalue weighted by Crippen LogP contribution is 2.12. The molecule has 0 bridgehead atoms. The Morgan fingerprint density at radius 1 is 1.45 bits per heavy atom. The Hall–Kier alpha value is -1.66. The number of hydrogen-bond donors (Lipinski definition) is 1. The molecule has 0 aromatic heterocycles. The highest BCUT2D eigenvalue weighted by molar-refractivity contribution is 5.73. The van der Waals surface area contributed by atoms with Gasteiger partial charge in [-0.3, -0.25) is 9.69 Å². The fourth-order valence-corrected chi connectivity index (χ4v) is 2.12. The molecule has 5 nitrogen and oxygen atoms in total. The average molecular weight is 283 g/mol. The third-order valence-corrected chi connectivity index (χ3v) is 3.20. The zero-order valence-corrected chi connectivity index (χ0v) is 11.1. The van der Waals surface area contributed by atoms with Gasteiger partial charge in [0.15, 0.2) is 0 Å². The van der Waals surface area contributed by atoms with Gasteiger partial charge in [0.05, 0.1) is 19.8 Å². The van der Waals surface area contributed by atoms with Crippen LogP contribution in [0.4, 0.5) is 4.39 Å². The molecule has 1 aromatic carbocycles. The number of morpholine rings is 1. The van der Waals surface area contributed by atoms with E-state index in [4.69, 9.17) is 14.6 Å². The number of aliphatic carboxylic acids is 1. The van der Waals surface area contributed by atoms with Gasteiger partial charge in [-0.25, -0.2) is 4.39 Å². The summed E-state index contributed by atoms with van der Waals surface area (Å²) in [6.07, 6.45) is 0.709. The molecule has 1 N–H and O–H groups in total. The Kier molecular flexibility index (Phi) is 5.31. The predicted molar refractivity (Wildman–Crippen MR) is 70.3 cm³/mol. The molecule has 2 rings (SSSR count). The number of ether oxygens (including phenoxy) is 2. The molecule has 0 radical (unpaired) electrons. The van der Waals surface area contributed by atoms with Crippen molar-refractivity contribution in [3.05, 3.63) is 30.1 Å². The van der Waals surface area contributed by atoms with Crippen LogP contribution in [0.3, 0.4) is 0 Å². The molecule has 0 amide bonds. The van der Waals surface area contributed by atoms with E-state index in [1.54, 1.807) is 12.1 Å². The molecule has 0 saturated carbocycles. The monoisotopic (exact) mass is 283 g/mol. The molecule has 1 saturated heterocycles. The Morgan fingerprint density at radius 3 is 2.90 bits per heavy atom. The summed E-state index contributed by atoms with van der Waals surface area (Å²) in [5, 5.41) is 9.08. The fourth-order valence-electron chi connectivity index (χ4n) is 2.12. The van der Waals surface area contributed by atoms with Crippen LogP contribution >= 0.6 is 0 Å². The smallest absolute Gasteiger partial charge is 0.323 e. The molecular weight excluding hydrogens is 265 g/mol. The van der Waals surface area contributed by atoms with Crippen LogP contribution in [-0.2, 0) is 9.53 Å². The van der Waals surface area contributed by atoms with Crippen molar-refractivity contribution in [2.75, 3.05) is 32.9 Å². The SMILES string of the molecule is O=C(O)C1COCCN1CCCOc1ccc(F)cc1. The van der Waals surface area contributed by atoms with Crippen molar-refractivity contribution in [2.45, 2.75) is 12.5 Å². The van der Waals surface area contributed by atoms with E-state index in [1.807, 2.05) is 4.90 Å². The first-order valence-corrected chi connectivity index (χ1v) is 6.60. The van der Waals surface area contributed by atoms with Gasteiger partial charge in [-0.1, -0.05) is 0 Å². The van der Waals surface area contributed by atoms with Crippen LogP contribution in [-0.4, -0.2) is 54.9 Å². The summed E-state index contributed by atoms with van der Waals surface area (Å²) in [6, 6.07) is 5.26. The van der Waals surface area contributed by atoms with E-state index in [1.165, 1.54) is 12.1 Å². The summed E-state index contributed by atoms with van der Waals surface area (Å²) >= 11 is 0. The van der Waals surface area contributed by atoms with Crippen LogP contribution in [0, 0.1) is 5.82 Å². The molecular formula is C14H18FNO4. The molecule has 110 valence electrons. The minimum atomic E-state index is -0.857. The quantitative estimate of drug-likeness (QED) is 0.799. The van der Waals surface area contributed by atoms with Crippen LogP contribution in [0.2, 0.25) is 0 Å². The lowest BCUT2D eigenvalue weighted by Crippen LogP contribution is -2.50. The number of carbonyl (C=O) groups is 1. The highest BCUT2D eigenvalue weighted by atomic mass is 19.1. The van der Waals surface area contributed by atoms with Gasteiger partial charge in [0, 0.05) is 13.1 Å². The van der Waals surface area contributed by atoms with Gasteiger partial charge >= 0.3 is 5.97 Å². The number of hydrogen-bond acceptors (Lipinski definition) is 4. The summed E-state index contributed by atoms with van der Waals surface area (Å²) in [5.41, 5.74) is 0. The van der Waals surface area contributed by atoms with Gasteiger partial charge < -0.3 is 14.6 Å². The third kappa shape index (κ3) is 4.18. The molecule has 1 aliphatic heterocycles. The van der Waals surface area contributed by atoms with Gasteiger partial charge in [0.1, 0.15) is 17.6 Å². The Labute approximate surface area is 116 Å². The second kappa shape index (κ2) is 7.21. The lowest BCUT2D eigenvalue weighted by molar-refractivity contribution is -0.149. The van der Waals surface area contributed by atoms with Crippen molar-refractivity contribution in [3.63, 3.8) is 0 Å². The predicted octanol–water partition coefficient (Wildman–Crippen LogP) is 1.38. The van der Waals surface area contributed by atoms with E-state index < -0.39 is 12.0 Å². The lowest BCUT2D eigenvalue weighted by atomic mass is 10.2. The topological polar surface area (TPSA) is 59.0 Å². The minimum Gasteiger partial charge on any atom is -0.494 e. The minimum absolute atomic E-state index is 0.230. The van der Waals surface area contributed by atoms with Crippen molar-refractivity contribution in [2.24, 2.45) is 0 Å². The van der Waals surface area contributed by atoms with Crippen LogP contribution in [0.25, 0.3) is 0 Å². The van der Waals surface area contributed by atoms with Crippen molar-refractivity contribution < 1.29 is 23.8 Å². The van der Waals surface area contributed by atoms with Crippen LogP contribution in [0.5, 0.6) is 5.75 Å². The Morgan fingerprint density at radius 2 is 2.20 bits per heavy atom. The summed E-state index contributed by atoms with van der Waals surface area (Å²) in [6.45, 7) is 2.51. The highest BCUT2D eigenvalue weighted by Gasteiger charge is 2.28. The molecule has 6 heteroatoms. The van der Waals surface area contributed by atoms with E-state index in [-0.39, 0.29) is 12.4 Å². The number of carboxylic acids is 1. The second-order valence-corrected chi connectivity index (χ2v) is 4.62. The molecule has 0 aliphatic carbocycles. The van der Waals surface area contributed by atoms with Gasteiger partial charge in [-0.15, -0.1) is 0 Å². The lowest BCUT2D eigenvalue weighted by Gasteiger charge is -2.32. The van der Waals surface area contributed by atoms with Gasteiger partial charge in [0.25, 0.3) is 0 Å². The number of nitrogens with zero attached hydrogens (tertiary/aromatic N) is 1. The number of halogens is 1. The average Bonchev–Trinajstić information content (AvgIpc) is 2.46. The molecule has 1 fully saturated rings. The van der Waals surface area contributed by atoms with Crippen molar-refractivity contribution in [3.8, 4) is 5.75 Å². The van der Waals surface area contributed by atoms with Gasteiger partial charge in [-0.05, 0) is 30.7 Å². The maximum atomic E-state index is 12.7. The maximum absolute atomic E-state index is 12.7. The largest absolute Gasteiger partial charge is 0.494 e. The summed E-state index contributed by atoms with van der Waals surface area (Å²) in [7, 11) is 0. The Balaban J connectivity index is 1.72. The summed E-state index contributed by atoms with van der Waals surface area (Å²) < 4.78 is 23.4. The van der Waals surface area contributed by atoms with E-state index in [0.717, 1.165) is 0 Å². The van der Waals surface area contributed by atoms with Crippen LogP contribution in [0.15, 0.2) is 24.3 Å². The number of rotatable bonds is 6. The molecule has 1 atom stereocenters. The second-order valence-electron chi connectivity index (χ2n) is 4.62. The summed E-state index contributed by atoms with van der Waals surface area (Å²) in [5.74, 6) is -0.540. The van der Waals surface area contributed by atoms with E-state index in [0.29, 0.717) is 38.5 Å². The standard InChI is InChI=1S/C14H18FNO4/c15-11-2-4-12(5-3-11)20-8-1-6-16-7-9-19-10-13(16)14(17)18/h2-5,13H,1,6-10H2,(H,17,18). The molecule has 1 heterocycles. The fraction of sp³-hybridized carbons (Fsp3) is 0.500. The first kappa shape index (κ1) is 14.7. The van der Waals surface area contributed by atoms with Crippen LogP contribution < -0.4 is 4.74 Å². The van der Waals surface area contributed by atoms with Crippen molar-refractivity contribution in [1.29, 1.82) is 0 Å². The zero-order chi connectivity index (χ0) is 14.4. The van der Waals surface area contributed by atoms with Crippen molar-refractivity contribution >= 4 is 5.97 Å². The third-order valence-electron chi connectivity index (χ3n) is 3.20. The number of carboxylic acid groups (broad SMARTS) is 1. The first-order chi connectivity index (χ1) is 9.66. The first-order valence-electron chi connectivity index (χ1n) is 6.60. The van der Waals surface area contributed by atoms with Gasteiger partial charge in [0.2, 0.25) is 0 Å². The van der Waals surface area contributed by atoms with E-state index in [9.17, 15) is 9.18 Å².